The van der Waals surface area contributed by atoms with E-state index in [2.05, 4.69) is 31.0 Å². The molecular weight excluding hydrogens is 426 g/mol. The molecule has 0 spiro atoms. The second-order valence-corrected chi connectivity index (χ2v) is 6.75. The minimum absolute atomic E-state index is 0. The fourth-order valence-electron chi connectivity index (χ4n) is 3.46. The van der Waals surface area contributed by atoms with Gasteiger partial charge in [-0.3, -0.25) is 0 Å². The maximum atomic E-state index is 5.55. The van der Waals surface area contributed by atoms with Crippen molar-refractivity contribution in [1.29, 1.82) is 0 Å². The zero-order valence-corrected chi connectivity index (χ0v) is 18.5. The first-order chi connectivity index (χ1) is 14.8. The number of fused-ring (bicyclic) bond motifs is 1. The van der Waals surface area contributed by atoms with Crippen molar-refractivity contribution in [1.82, 2.24) is 4.98 Å². The molecule has 5 rings (SSSR count). The van der Waals surface area contributed by atoms with E-state index in [1.54, 1.807) is 14.2 Å². The SMILES string of the molecule is COc1ccc(OC)c2nc([C]3[CH][CH][CH][CH]3)c(-c3ccccc3)cc12.[CH]1[CH][CH][CH][CH]1.[Fe+2]. The molecular formula is C27H23FeNO2+2. The Balaban J connectivity index is 0.000000401. The van der Waals surface area contributed by atoms with Crippen molar-refractivity contribution in [2.75, 3.05) is 14.2 Å². The van der Waals surface area contributed by atoms with Crippen molar-refractivity contribution in [3.05, 3.63) is 118 Å². The molecule has 3 nitrogen and oxygen atoms in total. The van der Waals surface area contributed by atoms with Crippen LogP contribution < -0.4 is 9.47 Å². The molecule has 1 heterocycles. The summed E-state index contributed by atoms with van der Waals surface area (Å²) in [7, 11) is 3.34. The molecule has 0 unspecified atom stereocenters. The van der Waals surface area contributed by atoms with Gasteiger partial charge >= 0.3 is 17.1 Å². The van der Waals surface area contributed by atoms with Crippen LogP contribution in [0.4, 0.5) is 0 Å². The molecule has 2 aliphatic carbocycles. The van der Waals surface area contributed by atoms with Gasteiger partial charge in [-0.25, -0.2) is 4.98 Å². The Morgan fingerprint density at radius 2 is 1.26 bits per heavy atom. The minimum Gasteiger partial charge on any atom is -0.496 e. The Hall–Kier alpha value is -2.03. The molecule has 2 aromatic carbocycles. The number of pyridine rings is 1. The molecule has 0 aliphatic heterocycles. The van der Waals surface area contributed by atoms with Crippen molar-refractivity contribution >= 4 is 10.9 Å². The summed E-state index contributed by atoms with van der Waals surface area (Å²) < 4.78 is 11.1. The van der Waals surface area contributed by atoms with Crippen molar-refractivity contribution in [2.45, 2.75) is 0 Å². The standard InChI is InChI=1S/C22H18NO2.C5H5.Fe/c1-24-19-12-13-20(25-2)22-18(19)14-17(15-8-4-3-5-9-15)21(23-22)16-10-6-7-11-16;1-2-4-5-3-1;/h3-14H,1-2H3;1-5H;/q;;+2. The van der Waals surface area contributed by atoms with E-state index in [0.717, 1.165) is 45.1 Å². The average Bonchev–Trinajstić information content (AvgIpc) is 3.55. The third-order valence-electron chi connectivity index (χ3n) is 4.92. The van der Waals surface area contributed by atoms with E-state index >= 15 is 0 Å². The number of hydrogen-bond acceptors (Lipinski definition) is 3. The van der Waals surface area contributed by atoms with E-state index in [9.17, 15) is 0 Å². The van der Waals surface area contributed by atoms with Crippen molar-refractivity contribution in [2.24, 2.45) is 0 Å². The maximum Gasteiger partial charge on any atom is 2.00 e. The second kappa shape index (κ2) is 11.5. The summed E-state index contributed by atoms with van der Waals surface area (Å²) in [6, 6.07) is 16.2. The van der Waals surface area contributed by atoms with Gasteiger partial charge in [0.15, 0.2) is 0 Å². The minimum atomic E-state index is 0. The molecule has 2 aliphatic rings. The van der Waals surface area contributed by atoms with Gasteiger partial charge in [-0.2, -0.15) is 0 Å². The van der Waals surface area contributed by atoms with E-state index in [0.29, 0.717) is 0 Å². The molecule has 10 radical (unpaired) electrons. The molecule has 1 aromatic heterocycles. The summed E-state index contributed by atoms with van der Waals surface area (Å²) in [4.78, 5) is 4.97. The third kappa shape index (κ3) is 5.42. The average molecular weight is 449 g/mol. The molecule has 154 valence electrons. The predicted molar refractivity (Wildman–Crippen MR) is 121 cm³/mol. The van der Waals surface area contributed by atoms with Crippen molar-refractivity contribution < 1.29 is 26.5 Å². The van der Waals surface area contributed by atoms with Gasteiger partial charge in [0.1, 0.15) is 17.0 Å². The van der Waals surface area contributed by atoms with Crippen LogP contribution in [0.25, 0.3) is 22.0 Å². The molecule has 2 saturated carbocycles. The smallest absolute Gasteiger partial charge is 0.496 e. The van der Waals surface area contributed by atoms with Crippen LogP contribution in [-0.4, -0.2) is 19.2 Å². The van der Waals surface area contributed by atoms with Crippen LogP contribution in [0.2, 0.25) is 0 Å². The maximum absolute atomic E-state index is 5.55. The summed E-state index contributed by atoms with van der Waals surface area (Å²) in [6.07, 6.45) is 18.2. The van der Waals surface area contributed by atoms with Crippen LogP contribution >= 0.6 is 0 Å². The summed E-state index contributed by atoms with van der Waals surface area (Å²) in [5.41, 5.74) is 3.94. The molecule has 3 aromatic rings. The molecule has 0 bridgehead atoms. The van der Waals surface area contributed by atoms with Crippen LogP contribution in [0.3, 0.4) is 0 Å². The molecule has 4 heteroatoms. The van der Waals surface area contributed by atoms with Crippen LogP contribution in [-0.2, 0) is 17.1 Å². The number of benzene rings is 2. The van der Waals surface area contributed by atoms with E-state index in [4.69, 9.17) is 14.5 Å². The Morgan fingerprint density at radius 3 is 1.84 bits per heavy atom. The number of hydrogen-bond donors (Lipinski definition) is 0. The van der Waals surface area contributed by atoms with Gasteiger partial charge in [-0.1, -0.05) is 30.3 Å². The Labute approximate surface area is 197 Å². The van der Waals surface area contributed by atoms with Crippen LogP contribution in [0, 0.1) is 63.7 Å². The Bertz CT molecular complexity index is 956. The molecule has 0 N–H and O–H groups in total. The zero-order valence-electron chi connectivity index (χ0n) is 17.4. The molecule has 0 atom stereocenters. The van der Waals surface area contributed by atoms with Gasteiger partial charge in [-0.05, 0) is 81.5 Å². The van der Waals surface area contributed by atoms with Crippen molar-refractivity contribution in [3.63, 3.8) is 0 Å². The summed E-state index contributed by atoms with van der Waals surface area (Å²) in [5.74, 6) is 2.61. The molecule has 2 fully saturated rings. The van der Waals surface area contributed by atoms with Gasteiger partial charge < -0.3 is 9.47 Å². The van der Waals surface area contributed by atoms with E-state index in [1.165, 1.54) is 0 Å². The summed E-state index contributed by atoms with van der Waals surface area (Å²) in [6.45, 7) is 0. The van der Waals surface area contributed by atoms with Crippen LogP contribution in [0.1, 0.15) is 5.69 Å². The van der Waals surface area contributed by atoms with Crippen LogP contribution in [0.5, 0.6) is 11.5 Å². The number of methoxy groups -OCH3 is 2. The van der Waals surface area contributed by atoms with Crippen LogP contribution in [0.15, 0.2) is 48.5 Å². The summed E-state index contributed by atoms with van der Waals surface area (Å²) in [5, 5.41) is 0.941. The van der Waals surface area contributed by atoms with Gasteiger partial charge in [0, 0.05) is 16.9 Å². The second-order valence-electron chi connectivity index (χ2n) is 6.75. The van der Waals surface area contributed by atoms with E-state index in [-0.39, 0.29) is 17.1 Å². The number of nitrogens with zero attached hydrogens (tertiary/aromatic N) is 1. The van der Waals surface area contributed by atoms with E-state index in [1.807, 2.05) is 75.3 Å². The molecule has 31 heavy (non-hydrogen) atoms. The first-order valence-electron chi connectivity index (χ1n) is 9.81. The van der Waals surface area contributed by atoms with Gasteiger partial charge in [0.25, 0.3) is 0 Å². The monoisotopic (exact) mass is 449 g/mol. The number of rotatable bonds is 4. The van der Waals surface area contributed by atoms with Gasteiger partial charge in [-0.15, -0.1) is 0 Å². The fraction of sp³-hybridized carbons (Fsp3) is 0.0741. The number of aromatic nitrogens is 1. The Kier molecular flexibility index (Phi) is 8.80. The largest absolute Gasteiger partial charge is 2.00 e. The number of ether oxygens (including phenoxy) is 2. The zero-order chi connectivity index (χ0) is 20.8. The van der Waals surface area contributed by atoms with Gasteiger partial charge in [0.05, 0.1) is 19.9 Å². The third-order valence-corrected chi connectivity index (χ3v) is 4.92. The Morgan fingerprint density at radius 1 is 0.677 bits per heavy atom. The quantitative estimate of drug-likeness (QED) is 0.480. The van der Waals surface area contributed by atoms with Gasteiger partial charge in [0.2, 0.25) is 0 Å². The molecule has 0 saturated heterocycles. The normalized spacial score (nSPS) is 15.8. The summed E-state index contributed by atoms with van der Waals surface area (Å²) >= 11 is 0. The topological polar surface area (TPSA) is 31.4 Å². The fourth-order valence-corrected chi connectivity index (χ4v) is 3.46. The van der Waals surface area contributed by atoms with Crippen molar-refractivity contribution in [3.8, 4) is 22.6 Å². The van der Waals surface area contributed by atoms with E-state index < -0.39 is 0 Å². The first kappa shape index (κ1) is 23.6. The molecule has 0 amide bonds. The first-order valence-corrected chi connectivity index (χ1v) is 9.81. The predicted octanol–water partition coefficient (Wildman–Crippen LogP) is 5.69.